The lowest BCUT2D eigenvalue weighted by atomic mass is 10.1. The molecule has 1 N–H and O–H groups in total. The van der Waals surface area contributed by atoms with Gasteiger partial charge in [0.25, 0.3) is 10.0 Å². The Morgan fingerprint density at radius 1 is 1.11 bits per heavy atom. The second-order valence-corrected chi connectivity index (χ2v) is 8.31. The van der Waals surface area contributed by atoms with Gasteiger partial charge in [-0.05, 0) is 37.5 Å². The van der Waals surface area contributed by atoms with Gasteiger partial charge in [0.1, 0.15) is 4.90 Å². The Hall–Kier alpha value is -2.67. The Morgan fingerprint density at radius 2 is 1.78 bits per heavy atom. The normalized spacial score (nSPS) is 15.6. The maximum atomic E-state index is 12.3. The maximum absolute atomic E-state index is 12.3. The number of carbonyl (C=O) groups is 1. The molecule has 7 heteroatoms. The van der Waals surface area contributed by atoms with Crippen LogP contribution in [0.3, 0.4) is 0 Å². The number of benzene rings is 2. The van der Waals surface area contributed by atoms with Crippen molar-refractivity contribution in [1.82, 2.24) is 10.2 Å². The zero-order valence-electron chi connectivity index (χ0n) is 15.4. The summed E-state index contributed by atoms with van der Waals surface area (Å²) in [6.07, 6.45) is 1.72. The summed E-state index contributed by atoms with van der Waals surface area (Å²) in [5, 5.41) is 2.96. The summed E-state index contributed by atoms with van der Waals surface area (Å²) in [5.74, 6) is 0.139. The Bertz CT molecular complexity index is 955. The number of nitrogens with zero attached hydrogens (tertiary/aromatic N) is 2. The van der Waals surface area contributed by atoms with Crippen LogP contribution in [0.25, 0.3) is 0 Å². The summed E-state index contributed by atoms with van der Waals surface area (Å²) in [4.78, 5) is 14.1. The quantitative estimate of drug-likeness (QED) is 0.827. The lowest BCUT2D eigenvalue weighted by Gasteiger charge is -2.20. The third-order valence-electron chi connectivity index (χ3n) is 4.47. The van der Waals surface area contributed by atoms with Gasteiger partial charge in [-0.15, -0.1) is 4.40 Å². The first kappa shape index (κ1) is 19.1. The van der Waals surface area contributed by atoms with Crippen molar-refractivity contribution in [2.24, 2.45) is 4.40 Å². The van der Waals surface area contributed by atoms with Crippen LogP contribution >= 0.6 is 0 Å². The molecule has 1 unspecified atom stereocenters. The molecule has 0 bridgehead atoms. The lowest BCUT2D eigenvalue weighted by molar-refractivity contribution is -0.121. The monoisotopic (exact) mass is 385 g/mol. The smallest absolute Gasteiger partial charge is 0.285 e. The first-order valence-corrected chi connectivity index (χ1v) is 10.3. The van der Waals surface area contributed by atoms with Crippen LogP contribution in [0.1, 0.15) is 24.5 Å². The molecule has 0 fully saturated rings. The topological polar surface area (TPSA) is 78.8 Å². The Morgan fingerprint density at radius 3 is 2.52 bits per heavy atom. The molecule has 0 saturated heterocycles. The average Bonchev–Trinajstić information content (AvgIpc) is 2.92. The van der Waals surface area contributed by atoms with Crippen molar-refractivity contribution in [3.05, 3.63) is 65.7 Å². The SMILES string of the molecule is CC(CCc1ccccc1)NC(=O)CN(C)C1=NS(=O)(=O)c2ccccc21. The minimum atomic E-state index is -3.68. The molecule has 1 atom stereocenters. The van der Waals surface area contributed by atoms with E-state index in [1.807, 2.05) is 25.1 Å². The number of rotatable bonds is 6. The highest BCUT2D eigenvalue weighted by molar-refractivity contribution is 7.90. The standard InChI is InChI=1S/C20H23N3O3S/c1-15(12-13-16-8-4-3-5-9-16)21-19(24)14-23(2)20-17-10-6-7-11-18(17)27(25,26)22-20/h3-11,15H,12-14H2,1-2H3,(H,21,24). The molecule has 0 saturated carbocycles. The summed E-state index contributed by atoms with van der Waals surface area (Å²) in [6.45, 7) is 2.01. The van der Waals surface area contributed by atoms with Crippen LogP contribution in [0.2, 0.25) is 0 Å². The summed E-state index contributed by atoms with van der Waals surface area (Å²) in [5.41, 5.74) is 1.77. The van der Waals surface area contributed by atoms with Crippen LogP contribution in [0, 0.1) is 0 Å². The van der Waals surface area contributed by atoms with Gasteiger partial charge in [0.15, 0.2) is 5.84 Å². The zero-order valence-corrected chi connectivity index (χ0v) is 16.2. The largest absolute Gasteiger partial charge is 0.352 e. The second-order valence-electron chi connectivity index (χ2n) is 6.74. The highest BCUT2D eigenvalue weighted by atomic mass is 32.2. The minimum absolute atomic E-state index is 0.0210. The number of carbonyl (C=O) groups excluding carboxylic acids is 1. The predicted octanol–water partition coefficient (Wildman–Crippen LogP) is 2.20. The number of nitrogens with one attached hydrogen (secondary N) is 1. The fourth-order valence-corrected chi connectivity index (χ4v) is 4.33. The molecule has 1 aliphatic rings. The Labute approximate surface area is 160 Å². The fraction of sp³-hybridized carbons (Fsp3) is 0.300. The van der Waals surface area contributed by atoms with Gasteiger partial charge in [0.2, 0.25) is 5.91 Å². The molecule has 27 heavy (non-hydrogen) atoms. The molecule has 0 radical (unpaired) electrons. The highest BCUT2D eigenvalue weighted by Crippen LogP contribution is 2.26. The lowest BCUT2D eigenvalue weighted by Crippen LogP contribution is -2.41. The molecular formula is C20H23N3O3S. The zero-order chi connectivity index (χ0) is 19.4. The van der Waals surface area contributed by atoms with Crippen molar-refractivity contribution in [1.29, 1.82) is 0 Å². The molecular weight excluding hydrogens is 362 g/mol. The van der Waals surface area contributed by atoms with Gasteiger partial charge in [0.05, 0.1) is 6.54 Å². The van der Waals surface area contributed by atoms with Crippen molar-refractivity contribution >= 4 is 21.8 Å². The van der Waals surface area contributed by atoms with Gasteiger partial charge in [0, 0.05) is 18.7 Å². The van der Waals surface area contributed by atoms with Gasteiger partial charge in [-0.1, -0.05) is 42.5 Å². The minimum Gasteiger partial charge on any atom is -0.352 e. The number of hydrogen-bond acceptors (Lipinski definition) is 4. The number of amidine groups is 1. The third kappa shape index (κ3) is 4.54. The van der Waals surface area contributed by atoms with E-state index in [-0.39, 0.29) is 23.4 Å². The second kappa shape index (κ2) is 7.92. The van der Waals surface area contributed by atoms with Crippen LogP contribution in [0.4, 0.5) is 0 Å². The van der Waals surface area contributed by atoms with Crippen LogP contribution in [0.15, 0.2) is 63.9 Å². The number of amides is 1. The van der Waals surface area contributed by atoms with Gasteiger partial charge in [-0.25, -0.2) is 0 Å². The van der Waals surface area contributed by atoms with E-state index >= 15 is 0 Å². The van der Waals surface area contributed by atoms with Crippen LogP contribution in [-0.4, -0.2) is 44.7 Å². The van der Waals surface area contributed by atoms with Crippen molar-refractivity contribution < 1.29 is 13.2 Å². The molecule has 2 aromatic rings. The molecule has 1 amide bonds. The van der Waals surface area contributed by atoms with Crippen LogP contribution in [-0.2, 0) is 21.2 Å². The summed E-state index contributed by atoms with van der Waals surface area (Å²) in [6, 6.07) is 16.8. The number of sulfonamides is 1. The molecule has 142 valence electrons. The van der Waals surface area contributed by atoms with Crippen LogP contribution < -0.4 is 5.32 Å². The average molecular weight is 385 g/mol. The van der Waals surface area contributed by atoms with Crippen molar-refractivity contribution in [2.75, 3.05) is 13.6 Å². The molecule has 0 aliphatic carbocycles. The number of likely N-dealkylation sites (N-methyl/N-ethyl adjacent to an activating group) is 1. The highest BCUT2D eigenvalue weighted by Gasteiger charge is 2.30. The van der Waals surface area contributed by atoms with Crippen LogP contribution in [0.5, 0.6) is 0 Å². The predicted molar refractivity (Wildman–Crippen MR) is 105 cm³/mol. The van der Waals surface area contributed by atoms with E-state index in [0.29, 0.717) is 11.4 Å². The Kier molecular flexibility index (Phi) is 5.60. The molecule has 0 spiro atoms. The summed E-state index contributed by atoms with van der Waals surface area (Å²) < 4.78 is 28.1. The van der Waals surface area contributed by atoms with Gasteiger partial charge >= 0.3 is 0 Å². The van der Waals surface area contributed by atoms with E-state index in [9.17, 15) is 13.2 Å². The Balaban J connectivity index is 1.57. The van der Waals surface area contributed by atoms with E-state index in [1.54, 1.807) is 30.1 Å². The third-order valence-corrected chi connectivity index (χ3v) is 5.80. The summed E-state index contributed by atoms with van der Waals surface area (Å²) in [7, 11) is -2.01. The van der Waals surface area contributed by atoms with E-state index in [2.05, 4.69) is 21.8 Å². The van der Waals surface area contributed by atoms with E-state index in [1.165, 1.54) is 11.6 Å². The number of fused-ring (bicyclic) bond motifs is 1. The van der Waals surface area contributed by atoms with Gasteiger partial charge in [-0.2, -0.15) is 8.42 Å². The maximum Gasteiger partial charge on any atom is 0.285 e. The molecule has 0 aromatic heterocycles. The first-order valence-electron chi connectivity index (χ1n) is 8.85. The van der Waals surface area contributed by atoms with E-state index < -0.39 is 10.0 Å². The molecule has 6 nitrogen and oxygen atoms in total. The molecule has 2 aromatic carbocycles. The molecule has 1 heterocycles. The van der Waals surface area contributed by atoms with E-state index in [0.717, 1.165) is 12.8 Å². The summed E-state index contributed by atoms with van der Waals surface area (Å²) >= 11 is 0. The van der Waals surface area contributed by atoms with Crippen molar-refractivity contribution in [3.8, 4) is 0 Å². The molecule has 3 rings (SSSR count). The van der Waals surface area contributed by atoms with Crippen molar-refractivity contribution in [3.63, 3.8) is 0 Å². The number of hydrogen-bond donors (Lipinski definition) is 1. The first-order chi connectivity index (χ1) is 12.9. The van der Waals surface area contributed by atoms with Crippen molar-refractivity contribution in [2.45, 2.75) is 30.7 Å². The molecule has 1 aliphatic heterocycles. The van der Waals surface area contributed by atoms with Gasteiger partial charge < -0.3 is 10.2 Å². The van der Waals surface area contributed by atoms with Gasteiger partial charge in [-0.3, -0.25) is 4.79 Å². The number of aryl methyl sites for hydroxylation is 1. The van der Waals surface area contributed by atoms with E-state index in [4.69, 9.17) is 0 Å². The fourth-order valence-electron chi connectivity index (χ4n) is 3.07.